The number of likely N-dealkylation sites (N-methyl/N-ethyl adjacent to an activating group) is 1. The van der Waals surface area contributed by atoms with Gasteiger partial charge in [0.2, 0.25) is 0 Å². The Morgan fingerprint density at radius 1 is 1.17 bits per heavy atom. The lowest BCUT2D eigenvalue weighted by Gasteiger charge is -2.17. The minimum Gasteiger partial charge on any atom is -0.382 e. The van der Waals surface area contributed by atoms with E-state index in [4.69, 9.17) is 4.74 Å². The van der Waals surface area contributed by atoms with Crippen LogP contribution in [-0.4, -0.2) is 44.8 Å². The van der Waals surface area contributed by atoms with Crippen molar-refractivity contribution in [3.05, 3.63) is 35.9 Å². The van der Waals surface area contributed by atoms with Crippen molar-refractivity contribution < 1.29 is 4.74 Å². The van der Waals surface area contributed by atoms with Gasteiger partial charge in [-0.15, -0.1) is 0 Å². The first-order chi connectivity index (χ1) is 8.83. The van der Waals surface area contributed by atoms with Gasteiger partial charge in [0, 0.05) is 32.8 Å². The molecule has 0 amide bonds. The minimum absolute atomic E-state index is 0.819. The van der Waals surface area contributed by atoms with E-state index < -0.39 is 0 Å². The topological polar surface area (TPSA) is 24.5 Å². The van der Waals surface area contributed by atoms with E-state index in [1.807, 2.05) is 6.92 Å². The van der Waals surface area contributed by atoms with Gasteiger partial charge in [-0.3, -0.25) is 0 Å². The average Bonchev–Trinajstić information content (AvgIpc) is 2.39. The fourth-order valence-corrected chi connectivity index (χ4v) is 1.81. The number of nitrogens with zero attached hydrogens (tertiary/aromatic N) is 1. The Hall–Kier alpha value is -0.900. The molecule has 0 atom stereocenters. The highest BCUT2D eigenvalue weighted by Crippen LogP contribution is 2.01. The molecule has 0 aliphatic heterocycles. The molecule has 0 heterocycles. The van der Waals surface area contributed by atoms with Crippen molar-refractivity contribution >= 4 is 0 Å². The minimum atomic E-state index is 0.819. The summed E-state index contributed by atoms with van der Waals surface area (Å²) in [7, 11) is 2.16. The van der Waals surface area contributed by atoms with Gasteiger partial charge < -0.3 is 15.0 Å². The average molecular weight is 250 g/mol. The van der Waals surface area contributed by atoms with Crippen LogP contribution in [0.4, 0.5) is 0 Å². The highest BCUT2D eigenvalue weighted by Gasteiger charge is 1.99. The molecule has 0 aromatic heterocycles. The van der Waals surface area contributed by atoms with Crippen LogP contribution in [0.15, 0.2) is 30.3 Å². The second kappa shape index (κ2) is 10.1. The van der Waals surface area contributed by atoms with Crippen molar-refractivity contribution in [1.29, 1.82) is 0 Å². The zero-order chi connectivity index (χ0) is 13.1. The van der Waals surface area contributed by atoms with Crippen LogP contribution >= 0.6 is 0 Å². The van der Waals surface area contributed by atoms with E-state index in [9.17, 15) is 0 Å². The van der Waals surface area contributed by atoms with Crippen molar-refractivity contribution in [2.75, 3.05) is 39.9 Å². The number of hydrogen-bond donors (Lipinski definition) is 1. The second-order valence-corrected chi connectivity index (χ2v) is 4.52. The molecule has 102 valence electrons. The van der Waals surface area contributed by atoms with E-state index in [1.54, 1.807) is 0 Å². The number of hydrogen-bond acceptors (Lipinski definition) is 3. The van der Waals surface area contributed by atoms with Crippen LogP contribution < -0.4 is 5.32 Å². The third kappa shape index (κ3) is 7.43. The van der Waals surface area contributed by atoms with E-state index in [-0.39, 0.29) is 0 Å². The molecule has 1 N–H and O–H groups in total. The van der Waals surface area contributed by atoms with E-state index in [0.29, 0.717) is 0 Å². The molecule has 1 rings (SSSR count). The number of rotatable bonds is 10. The predicted octanol–water partition coefficient (Wildman–Crippen LogP) is 2.13. The molecule has 0 bridgehead atoms. The maximum Gasteiger partial charge on any atom is 0.0477 e. The fourth-order valence-electron chi connectivity index (χ4n) is 1.81. The monoisotopic (exact) mass is 250 g/mol. The van der Waals surface area contributed by atoms with Crippen molar-refractivity contribution in [3.63, 3.8) is 0 Å². The van der Waals surface area contributed by atoms with Crippen LogP contribution in [-0.2, 0) is 11.3 Å². The molecule has 1 aromatic rings. The largest absolute Gasteiger partial charge is 0.382 e. The zero-order valence-electron chi connectivity index (χ0n) is 11.7. The van der Waals surface area contributed by atoms with Crippen molar-refractivity contribution in [2.24, 2.45) is 0 Å². The molecule has 0 radical (unpaired) electrons. The maximum absolute atomic E-state index is 5.29. The molecule has 0 aliphatic carbocycles. The summed E-state index contributed by atoms with van der Waals surface area (Å²) >= 11 is 0. The molecule has 0 fully saturated rings. The van der Waals surface area contributed by atoms with Gasteiger partial charge in [-0.25, -0.2) is 0 Å². The summed E-state index contributed by atoms with van der Waals surface area (Å²) in [6.45, 7) is 7.88. The summed E-state index contributed by atoms with van der Waals surface area (Å²) in [5.41, 5.74) is 1.37. The van der Waals surface area contributed by atoms with E-state index in [0.717, 1.165) is 45.8 Å². The summed E-state index contributed by atoms with van der Waals surface area (Å²) in [5.74, 6) is 0. The molecule has 0 spiro atoms. The van der Waals surface area contributed by atoms with Crippen molar-refractivity contribution in [2.45, 2.75) is 19.9 Å². The highest BCUT2D eigenvalue weighted by molar-refractivity contribution is 5.14. The standard InChI is InChI=1S/C15H26N2O/c1-3-18-13-7-10-16-11-12-17(2)14-15-8-5-4-6-9-15/h4-6,8-9,16H,3,7,10-14H2,1-2H3. The quantitative estimate of drug-likeness (QED) is 0.644. The number of benzene rings is 1. The SMILES string of the molecule is CCOCCCNCCN(C)Cc1ccccc1. The van der Waals surface area contributed by atoms with E-state index in [1.165, 1.54) is 5.56 Å². The van der Waals surface area contributed by atoms with Crippen LogP contribution in [0.5, 0.6) is 0 Å². The molecule has 0 aliphatic rings. The highest BCUT2D eigenvalue weighted by atomic mass is 16.5. The Kier molecular flexibility index (Phi) is 8.47. The summed E-state index contributed by atoms with van der Waals surface area (Å²) < 4.78 is 5.29. The van der Waals surface area contributed by atoms with Crippen LogP contribution in [0.2, 0.25) is 0 Å². The van der Waals surface area contributed by atoms with Crippen LogP contribution in [0.1, 0.15) is 18.9 Å². The number of nitrogens with one attached hydrogen (secondary N) is 1. The van der Waals surface area contributed by atoms with Crippen LogP contribution in [0, 0.1) is 0 Å². The van der Waals surface area contributed by atoms with Crippen molar-refractivity contribution in [3.8, 4) is 0 Å². The molecule has 0 unspecified atom stereocenters. The maximum atomic E-state index is 5.29. The number of ether oxygens (including phenoxy) is 1. The molecular weight excluding hydrogens is 224 g/mol. The van der Waals surface area contributed by atoms with Gasteiger partial charge in [0.15, 0.2) is 0 Å². The van der Waals surface area contributed by atoms with Gasteiger partial charge in [-0.1, -0.05) is 30.3 Å². The molecule has 0 saturated carbocycles. The Labute approximate surface area is 111 Å². The molecule has 3 heteroatoms. The second-order valence-electron chi connectivity index (χ2n) is 4.52. The lowest BCUT2D eigenvalue weighted by atomic mass is 10.2. The molecule has 3 nitrogen and oxygen atoms in total. The Bertz CT molecular complexity index is 290. The normalized spacial score (nSPS) is 11.1. The lowest BCUT2D eigenvalue weighted by molar-refractivity contribution is 0.144. The van der Waals surface area contributed by atoms with Gasteiger partial charge in [0.05, 0.1) is 0 Å². The van der Waals surface area contributed by atoms with Gasteiger partial charge in [0.1, 0.15) is 0 Å². The predicted molar refractivity (Wildman–Crippen MR) is 76.8 cm³/mol. The Balaban J connectivity index is 1.99. The summed E-state index contributed by atoms with van der Waals surface area (Å²) in [5, 5.41) is 3.44. The van der Waals surface area contributed by atoms with E-state index >= 15 is 0 Å². The first-order valence-electron chi connectivity index (χ1n) is 6.84. The molecule has 1 aromatic carbocycles. The molecule has 18 heavy (non-hydrogen) atoms. The fraction of sp³-hybridized carbons (Fsp3) is 0.600. The van der Waals surface area contributed by atoms with Crippen LogP contribution in [0.25, 0.3) is 0 Å². The first-order valence-corrected chi connectivity index (χ1v) is 6.84. The third-order valence-electron chi connectivity index (χ3n) is 2.81. The zero-order valence-corrected chi connectivity index (χ0v) is 11.7. The Morgan fingerprint density at radius 3 is 2.67 bits per heavy atom. The van der Waals surface area contributed by atoms with Gasteiger partial charge in [-0.2, -0.15) is 0 Å². The van der Waals surface area contributed by atoms with E-state index in [2.05, 4.69) is 47.6 Å². The lowest BCUT2D eigenvalue weighted by Crippen LogP contribution is -2.29. The smallest absolute Gasteiger partial charge is 0.0477 e. The van der Waals surface area contributed by atoms with Gasteiger partial charge in [-0.05, 0) is 32.5 Å². The Morgan fingerprint density at radius 2 is 1.94 bits per heavy atom. The van der Waals surface area contributed by atoms with Crippen molar-refractivity contribution in [1.82, 2.24) is 10.2 Å². The summed E-state index contributed by atoms with van der Waals surface area (Å²) in [4.78, 5) is 2.34. The third-order valence-corrected chi connectivity index (χ3v) is 2.81. The van der Waals surface area contributed by atoms with Gasteiger partial charge in [0.25, 0.3) is 0 Å². The summed E-state index contributed by atoms with van der Waals surface area (Å²) in [6.07, 6.45) is 1.09. The summed E-state index contributed by atoms with van der Waals surface area (Å²) in [6, 6.07) is 10.6. The first kappa shape index (κ1) is 15.2. The van der Waals surface area contributed by atoms with Crippen LogP contribution in [0.3, 0.4) is 0 Å². The molecule has 0 saturated heterocycles. The molecular formula is C15H26N2O. The van der Waals surface area contributed by atoms with Gasteiger partial charge >= 0.3 is 0 Å².